The lowest BCUT2D eigenvalue weighted by Crippen LogP contribution is -2.08. The second kappa shape index (κ2) is 7.01. The van der Waals surface area contributed by atoms with Crippen LogP contribution in [0, 0.1) is 18.6 Å². The predicted octanol–water partition coefficient (Wildman–Crippen LogP) is 5.90. The third-order valence-corrected chi connectivity index (χ3v) is 5.85. The molecule has 0 aliphatic carbocycles. The van der Waals surface area contributed by atoms with Gasteiger partial charge in [0.1, 0.15) is 5.82 Å². The number of hydrogen-bond donors (Lipinski definition) is 1. The number of hydrogen-bond acceptors (Lipinski definition) is 2. The van der Waals surface area contributed by atoms with Crippen molar-refractivity contribution in [3.63, 3.8) is 0 Å². The molecule has 0 aliphatic heterocycles. The van der Waals surface area contributed by atoms with Crippen LogP contribution in [0.2, 0.25) is 0 Å². The van der Waals surface area contributed by atoms with E-state index >= 15 is 0 Å². The van der Waals surface area contributed by atoms with Crippen molar-refractivity contribution in [2.24, 2.45) is 0 Å². The Morgan fingerprint density at radius 2 is 1.55 bits per heavy atom. The fourth-order valence-electron chi connectivity index (χ4n) is 4.26. The SMILES string of the molecule is Cc1ccc(-n2c(CCn3c4ccccc4c4ccccc43)n[nH]c2=S)c(C)c1. The number of aryl methyl sites for hydroxylation is 4. The molecule has 5 heteroatoms. The topological polar surface area (TPSA) is 38.5 Å². The summed E-state index contributed by atoms with van der Waals surface area (Å²) < 4.78 is 5.08. The molecule has 5 aromatic rings. The summed E-state index contributed by atoms with van der Waals surface area (Å²) in [5, 5.41) is 10.1. The van der Waals surface area contributed by atoms with Gasteiger partial charge in [-0.3, -0.25) is 9.67 Å². The first-order valence-electron chi connectivity index (χ1n) is 9.83. The molecule has 144 valence electrons. The fraction of sp³-hybridized carbons (Fsp3) is 0.167. The van der Waals surface area contributed by atoms with Crippen LogP contribution < -0.4 is 0 Å². The van der Waals surface area contributed by atoms with Crippen LogP contribution in [0.25, 0.3) is 27.5 Å². The van der Waals surface area contributed by atoms with Crippen LogP contribution in [-0.4, -0.2) is 19.3 Å². The van der Waals surface area contributed by atoms with Gasteiger partial charge in [0.2, 0.25) is 0 Å². The van der Waals surface area contributed by atoms with Gasteiger partial charge in [-0.2, -0.15) is 5.10 Å². The average molecular weight is 399 g/mol. The van der Waals surface area contributed by atoms with Gasteiger partial charge in [-0.15, -0.1) is 0 Å². The molecule has 0 amide bonds. The number of nitrogens with zero attached hydrogens (tertiary/aromatic N) is 3. The summed E-state index contributed by atoms with van der Waals surface area (Å²) in [5.41, 5.74) is 6.03. The summed E-state index contributed by atoms with van der Waals surface area (Å²) in [6.07, 6.45) is 0.781. The van der Waals surface area contributed by atoms with Crippen LogP contribution in [0.5, 0.6) is 0 Å². The third-order valence-electron chi connectivity index (χ3n) is 5.57. The molecule has 0 unspecified atom stereocenters. The first-order chi connectivity index (χ1) is 14.1. The minimum absolute atomic E-state index is 0.633. The minimum Gasteiger partial charge on any atom is -0.340 e. The van der Waals surface area contributed by atoms with Gasteiger partial charge in [0.25, 0.3) is 0 Å². The molecule has 29 heavy (non-hydrogen) atoms. The van der Waals surface area contributed by atoms with Crippen molar-refractivity contribution in [3.8, 4) is 5.69 Å². The zero-order chi connectivity index (χ0) is 20.0. The van der Waals surface area contributed by atoms with E-state index in [9.17, 15) is 0 Å². The Labute approximate surface area is 174 Å². The van der Waals surface area contributed by atoms with Crippen molar-refractivity contribution in [2.75, 3.05) is 0 Å². The van der Waals surface area contributed by atoms with Crippen molar-refractivity contribution < 1.29 is 0 Å². The van der Waals surface area contributed by atoms with Crippen LogP contribution >= 0.6 is 12.2 Å². The van der Waals surface area contributed by atoms with Crippen molar-refractivity contribution >= 4 is 34.0 Å². The number of aromatic amines is 1. The largest absolute Gasteiger partial charge is 0.340 e. The number of para-hydroxylation sites is 2. The first-order valence-corrected chi connectivity index (χ1v) is 10.2. The Balaban J connectivity index is 1.57. The Hall–Kier alpha value is -3.18. The smallest absolute Gasteiger partial charge is 0.199 e. The molecule has 0 atom stereocenters. The van der Waals surface area contributed by atoms with Gasteiger partial charge in [0, 0.05) is 34.8 Å². The van der Waals surface area contributed by atoms with Gasteiger partial charge in [-0.25, -0.2) is 0 Å². The Morgan fingerprint density at radius 3 is 2.21 bits per heavy atom. The average Bonchev–Trinajstić information content (AvgIpc) is 3.25. The van der Waals surface area contributed by atoms with Gasteiger partial charge in [-0.05, 0) is 49.8 Å². The highest BCUT2D eigenvalue weighted by Gasteiger charge is 2.14. The number of nitrogens with one attached hydrogen (secondary N) is 1. The van der Waals surface area contributed by atoms with Crippen molar-refractivity contribution in [1.29, 1.82) is 0 Å². The number of benzene rings is 3. The number of H-pyrrole nitrogens is 1. The van der Waals surface area contributed by atoms with E-state index in [1.54, 1.807) is 0 Å². The molecule has 0 radical (unpaired) electrons. The summed E-state index contributed by atoms with van der Waals surface area (Å²) >= 11 is 5.55. The van der Waals surface area contributed by atoms with E-state index in [4.69, 9.17) is 12.2 Å². The van der Waals surface area contributed by atoms with Crippen LogP contribution in [0.1, 0.15) is 17.0 Å². The quantitative estimate of drug-likeness (QED) is 0.383. The molecule has 2 heterocycles. The van der Waals surface area contributed by atoms with Crippen molar-refractivity contribution in [1.82, 2.24) is 19.3 Å². The Kier molecular flexibility index (Phi) is 4.32. The number of fused-ring (bicyclic) bond motifs is 3. The van der Waals surface area contributed by atoms with E-state index in [1.165, 1.54) is 32.9 Å². The molecule has 0 saturated carbocycles. The van der Waals surface area contributed by atoms with Gasteiger partial charge in [0.05, 0.1) is 5.69 Å². The lowest BCUT2D eigenvalue weighted by Gasteiger charge is -2.12. The Bertz CT molecular complexity index is 1350. The normalized spacial score (nSPS) is 11.5. The second-order valence-electron chi connectivity index (χ2n) is 7.51. The molecule has 0 fully saturated rings. The molecule has 0 saturated heterocycles. The summed E-state index contributed by atoms with van der Waals surface area (Å²) in [4.78, 5) is 0. The molecule has 1 N–H and O–H groups in total. The molecule has 0 bridgehead atoms. The molecule has 3 aromatic carbocycles. The molecular weight excluding hydrogens is 376 g/mol. The van der Waals surface area contributed by atoms with Crippen LogP contribution in [-0.2, 0) is 13.0 Å². The molecule has 0 aliphatic rings. The maximum atomic E-state index is 5.55. The van der Waals surface area contributed by atoms with Crippen molar-refractivity contribution in [2.45, 2.75) is 26.8 Å². The van der Waals surface area contributed by atoms with E-state index < -0.39 is 0 Å². The zero-order valence-corrected chi connectivity index (χ0v) is 17.3. The summed E-state index contributed by atoms with van der Waals surface area (Å²) in [6, 6.07) is 23.6. The van der Waals surface area contributed by atoms with Crippen LogP contribution in [0.3, 0.4) is 0 Å². The lowest BCUT2D eigenvalue weighted by molar-refractivity contribution is 0.697. The minimum atomic E-state index is 0.633. The molecule has 0 spiro atoms. The van der Waals surface area contributed by atoms with Gasteiger partial charge in [-0.1, -0.05) is 54.1 Å². The summed E-state index contributed by atoms with van der Waals surface area (Å²) in [6.45, 7) is 5.06. The third kappa shape index (κ3) is 2.98. The van der Waals surface area contributed by atoms with Crippen molar-refractivity contribution in [3.05, 3.63) is 88.5 Å². The predicted molar refractivity (Wildman–Crippen MR) is 121 cm³/mol. The van der Waals surface area contributed by atoms with E-state index in [0.29, 0.717) is 4.77 Å². The highest BCUT2D eigenvalue weighted by Crippen LogP contribution is 2.29. The van der Waals surface area contributed by atoms with Crippen LogP contribution in [0.4, 0.5) is 0 Å². The number of rotatable bonds is 4. The van der Waals surface area contributed by atoms with Gasteiger partial charge < -0.3 is 4.57 Å². The summed E-state index contributed by atoms with van der Waals surface area (Å²) in [7, 11) is 0. The van der Waals surface area contributed by atoms with Gasteiger partial charge in [0.15, 0.2) is 4.77 Å². The van der Waals surface area contributed by atoms with E-state index in [2.05, 4.69) is 99.9 Å². The maximum absolute atomic E-state index is 5.55. The molecular formula is C24H22N4S. The molecule has 4 nitrogen and oxygen atoms in total. The highest BCUT2D eigenvalue weighted by molar-refractivity contribution is 7.71. The van der Waals surface area contributed by atoms with Gasteiger partial charge >= 0.3 is 0 Å². The highest BCUT2D eigenvalue weighted by atomic mass is 32.1. The maximum Gasteiger partial charge on any atom is 0.199 e. The standard InChI is InChI=1S/C24H22N4S/c1-16-11-12-20(17(2)15-16)28-23(25-26-24(28)29)13-14-27-21-9-5-3-7-18(21)19-8-4-6-10-22(19)27/h3-12,15H,13-14H2,1-2H3,(H,26,29). The van der Waals surface area contributed by atoms with E-state index in [0.717, 1.165) is 24.5 Å². The monoisotopic (exact) mass is 398 g/mol. The molecule has 5 rings (SSSR count). The first kappa shape index (κ1) is 17.9. The van der Waals surface area contributed by atoms with E-state index in [1.807, 2.05) is 0 Å². The Morgan fingerprint density at radius 1 is 0.897 bits per heavy atom. The number of aromatic nitrogens is 4. The van der Waals surface area contributed by atoms with E-state index in [-0.39, 0.29) is 0 Å². The molecule has 2 aromatic heterocycles. The summed E-state index contributed by atoms with van der Waals surface area (Å²) in [5.74, 6) is 0.948. The fourth-order valence-corrected chi connectivity index (χ4v) is 4.51. The zero-order valence-electron chi connectivity index (χ0n) is 16.5. The second-order valence-corrected chi connectivity index (χ2v) is 7.89. The van der Waals surface area contributed by atoms with Crippen LogP contribution in [0.15, 0.2) is 66.7 Å². The lowest BCUT2D eigenvalue weighted by atomic mass is 10.1.